The zero-order valence-corrected chi connectivity index (χ0v) is 18.2. The minimum absolute atomic E-state index is 0.109. The molecule has 0 radical (unpaired) electrons. The van der Waals surface area contributed by atoms with Gasteiger partial charge in [-0.2, -0.15) is 0 Å². The minimum atomic E-state index is -0.176. The van der Waals surface area contributed by atoms with Gasteiger partial charge in [-0.25, -0.2) is 9.78 Å². The molecule has 0 atom stereocenters. The molecule has 2 amide bonds. The van der Waals surface area contributed by atoms with E-state index in [4.69, 9.17) is 0 Å². The van der Waals surface area contributed by atoms with Crippen LogP contribution in [0.5, 0.6) is 0 Å². The molecule has 2 heterocycles. The van der Waals surface area contributed by atoms with Crippen molar-refractivity contribution in [1.82, 2.24) is 14.5 Å². The SMILES string of the molecule is CNc1nc2c(c(=O)n1C)CN(C(=O)Nc1c(C(C)C)cccc1C(C)C)CC2. The number of nitrogens with zero attached hydrogens (tertiary/aromatic N) is 3. The summed E-state index contributed by atoms with van der Waals surface area (Å²) >= 11 is 0. The third-order valence-electron chi connectivity index (χ3n) is 5.55. The van der Waals surface area contributed by atoms with Gasteiger partial charge < -0.3 is 15.5 Å². The number of carbonyl (C=O) groups is 1. The Morgan fingerprint density at radius 1 is 1.14 bits per heavy atom. The first-order chi connectivity index (χ1) is 13.7. The number of rotatable bonds is 4. The van der Waals surface area contributed by atoms with Crippen LogP contribution < -0.4 is 16.2 Å². The van der Waals surface area contributed by atoms with E-state index in [0.717, 1.165) is 22.5 Å². The quantitative estimate of drug-likeness (QED) is 0.825. The van der Waals surface area contributed by atoms with E-state index in [1.807, 2.05) is 6.07 Å². The lowest BCUT2D eigenvalue weighted by molar-refractivity contribution is 0.205. The Morgan fingerprint density at radius 3 is 2.31 bits per heavy atom. The molecule has 0 aliphatic carbocycles. The second kappa shape index (κ2) is 8.27. The molecule has 1 aliphatic rings. The van der Waals surface area contributed by atoms with Crippen LogP contribution in [0, 0.1) is 0 Å². The highest BCUT2D eigenvalue weighted by molar-refractivity contribution is 5.91. The van der Waals surface area contributed by atoms with Gasteiger partial charge in [-0.1, -0.05) is 45.9 Å². The van der Waals surface area contributed by atoms with E-state index in [0.29, 0.717) is 36.3 Å². The molecular weight excluding hydrogens is 366 g/mol. The van der Waals surface area contributed by atoms with Crippen molar-refractivity contribution in [3.05, 3.63) is 50.9 Å². The Kier molecular flexibility index (Phi) is 5.96. The number of hydrogen-bond acceptors (Lipinski definition) is 4. The van der Waals surface area contributed by atoms with E-state index >= 15 is 0 Å². The normalized spacial score (nSPS) is 13.6. The van der Waals surface area contributed by atoms with Crippen LogP contribution in [0.3, 0.4) is 0 Å². The van der Waals surface area contributed by atoms with Gasteiger partial charge in [-0.3, -0.25) is 9.36 Å². The number of anilines is 2. The Labute approximate surface area is 172 Å². The van der Waals surface area contributed by atoms with Gasteiger partial charge in [0.15, 0.2) is 0 Å². The molecule has 1 aliphatic heterocycles. The second-order valence-electron chi connectivity index (χ2n) is 8.20. The number of urea groups is 1. The summed E-state index contributed by atoms with van der Waals surface area (Å²) in [5.41, 5.74) is 4.39. The van der Waals surface area contributed by atoms with Crippen molar-refractivity contribution in [2.75, 3.05) is 24.2 Å². The first kappa shape index (κ1) is 20.9. The Morgan fingerprint density at radius 2 is 1.76 bits per heavy atom. The lowest BCUT2D eigenvalue weighted by Gasteiger charge is -2.30. The highest BCUT2D eigenvalue weighted by atomic mass is 16.2. The largest absolute Gasteiger partial charge is 0.359 e. The Hall–Kier alpha value is -2.83. The molecular formula is C22H31N5O2. The molecule has 3 rings (SSSR count). The number of fused-ring (bicyclic) bond motifs is 1. The van der Waals surface area contributed by atoms with E-state index < -0.39 is 0 Å². The van der Waals surface area contributed by atoms with E-state index in [1.54, 1.807) is 19.0 Å². The average Bonchev–Trinajstić information content (AvgIpc) is 2.70. The highest BCUT2D eigenvalue weighted by Gasteiger charge is 2.27. The summed E-state index contributed by atoms with van der Waals surface area (Å²) in [6.45, 7) is 9.30. The van der Waals surface area contributed by atoms with Crippen LogP contribution in [-0.4, -0.2) is 34.1 Å². The van der Waals surface area contributed by atoms with E-state index in [1.165, 1.54) is 4.57 Å². The molecule has 0 saturated heterocycles. The molecule has 7 nitrogen and oxygen atoms in total. The van der Waals surface area contributed by atoms with Crippen LogP contribution in [0.4, 0.5) is 16.4 Å². The molecule has 2 aromatic rings. The van der Waals surface area contributed by atoms with Crippen LogP contribution >= 0.6 is 0 Å². The molecule has 1 aromatic heterocycles. The molecule has 0 bridgehead atoms. The first-order valence-electron chi connectivity index (χ1n) is 10.2. The van der Waals surface area contributed by atoms with Gasteiger partial charge in [0.1, 0.15) is 0 Å². The van der Waals surface area contributed by atoms with Gasteiger partial charge in [0.2, 0.25) is 5.95 Å². The number of nitrogens with one attached hydrogen (secondary N) is 2. The monoisotopic (exact) mass is 397 g/mol. The van der Waals surface area contributed by atoms with E-state index in [-0.39, 0.29) is 18.1 Å². The van der Waals surface area contributed by atoms with Gasteiger partial charge in [0.25, 0.3) is 5.56 Å². The molecule has 7 heteroatoms. The van der Waals surface area contributed by atoms with Crippen LogP contribution in [0.1, 0.15) is 61.9 Å². The predicted molar refractivity (Wildman–Crippen MR) is 117 cm³/mol. The zero-order chi connectivity index (χ0) is 21.3. The fraction of sp³-hybridized carbons (Fsp3) is 0.500. The number of hydrogen-bond donors (Lipinski definition) is 2. The van der Waals surface area contributed by atoms with Gasteiger partial charge >= 0.3 is 6.03 Å². The number of aromatic nitrogens is 2. The maximum Gasteiger partial charge on any atom is 0.322 e. The molecule has 2 N–H and O–H groups in total. The van der Waals surface area contributed by atoms with Gasteiger partial charge in [-0.05, 0) is 23.0 Å². The predicted octanol–water partition coefficient (Wildman–Crippen LogP) is 3.66. The highest BCUT2D eigenvalue weighted by Crippen LogP contribution is 2.32. The summed E-state index contributed by atoms with van der Waals surface area (Å²) in [6.07, 6.45) is 0.566. The fourth-order valence-corrected chi connectivity index (χ4v) is 3.85. The zero-order valence-electron chi connectivity index (χ0n) is 18.2. The molecule has 1 aromatic carbocycles. The number of benzene rings is 1. The number of para-hydroxylation sites is 1. The van der Waals surface area contributed by atoms with Crippen LogP contribution in [0.15, 0.2) is 23.0 Å². The lowest BCUT2D eigenvalue weighted by atomic mass is 9.92. The molecule has 0 unspecified atom stereocenters. The van der Waals surface area contributed by atoms with Gasteiger partial charge in [-0.15, -0.1) is 0 Å². The van der Waals surface area contributed by atoms with Crippen LogP contribution in [0.25, 0.3) is 0 Å². The third-order valence-corrected chi connectivity index (χ3v) is 5.55. The van der Waals surface area contributed by atoms with E-state index in [2.05, 4.69) is 55.4 Å². The van der Waals surface area contributed by atoms with Crippen LogP contribution in [-0.2, 0) is 20.0 Å². The minimum Gasteiger partial charge on any atom is -0.359 e. The van der Waals surface area contributed by atoms with Crippen molar-refractivity contribution in [2.45, 2.75) is 52.5 Å². The molecule has 0 saturated carbocycles. The second-order valence-corrected chi connectivity index (χ2v) is 8.20. The molecule has 29 heavy (non-hydrogen) atoms. The molecule has 156 valence electrons. The summed E-state index contributed by atoms with van der Waals surface area (Å²) in [4.78, 5) is 32.1. The third kappa shape index (κ3) is 3.99. The maximum atomic E-state index is 13.1. The molecule has 0 spiro atoms. The van der Waals surface area contributed by atoms with Crippen molar-refractivity contribution in [3.8, 4) is 0 Å². The van der Waals surface area contributed by atoms with E-state index in [9.17, 15) is 9.59 Å². The van der Waals surface area contributed by atoms with Gasteiger partial charge in [0.05, 0.1) is 17.8 Å². The average molecular weight is 398 g/mol. The molecule has 0 fully saturated rings. The summed E-state index contributed by atoms with van der Waals surface area (Å²) in [5, 5.41) is 6.09. The van der Waals surface area contributed by atoms with Crippen molar-refractivity contribution in [2.24, 2.45) is 7.05 Å². The first-order valence-corrected chi connectivity index (χ1v) is 10.2. The number of carbonyl (C=O) groups excluding carboxylic acids is 1. The summed E-state index contributed by atoms with van der Waals surface area (Å²) < 4.78 is 1.49. The van der Waals surface area contributed by atoms with Crippen molar-refractivity contribution < 1.29 is 4.79 Å². The Bertz CT molecular complexity index is 952. The summed E-state index contributed by atoms with van der Waals surface area (Å²) in [5.74, 6) is 1.13. The van der Waals surface area contributed by atoms with Crippen LogP contribution in [0.2, 0.25) is 0 Å². The van der Waals surface area contributed by atoms with Crippen molar-refractivity contribution in [1.29, 1.82) is 0 Å². The summed E-state index contributed by atoms with van der Waals surface area (Å²) in [6, 6.07) is 6.00. The van der Waals surface area contributed by atoms with Gasteiger partial charge in [0, 0.05) is 32.7 Å². The smallest absolute Gasteiger partial charge is 0.322 e. The maximum absolute atomic E-state index is 13.1. The summed E-state index contributed by atoms with van der Waals surface area (Å²) in [7, 11) is 3.43. The van der Waals surface area contributed by atoms with Crippen molar-refractivity contribution in [3.63, 3.8) is 0 Å². The topological polar surface area (TPSA) is 79.3 Å². The lowest BCUT2D eigenvalue weighted by Crippen LogP contribution is -2.43. The standard InChI is InChI=1S/C22H31N5O2/c1-13(2)15-8-7-9-16(14(3)4)19(15)25-22(29)27-11-10-18-17(12-27)20(28)26(6)21(23-5)24-18/h7-9,13-14H,10-12H2,1-6H3,(H,23,24)(H,25,29). The van der Waals surface area contributed by atoms with Crippen molar-refractivity contribution >= 4 is 17.7 Å². The number of amides is 2. The fourth-order valence-electron chi connectivity index (χ4n) is 3.85. The Balaban J connectivity index is 1.89.